The van der Waals surface area contributed by atoms with Crippen LogP contribution in [0.15, 0.2) is 46.3 Å². The van der Waals surface area contributed by atoms with Crippen LogP contribution < -0.4 is 27.0 Å². The van der Waals surface area contributed by atoms with Crippen molar-refractivity contribution >= 4 is 62.7 Å². The van der Waals surface area contributed by atoms with E-state index in [0.717, 1.165) is 0 Å². The molecular formula is C22H27BrN11O4+. The van der Waals surface area contributed by atoms with Crippen molar-refractivity contribution in [3.8, 4) is 0 Å². The largest absolute Gasteiger partial charge is 0.388 e. The first kappa shape index (κ1) is 28.0. The molecule has 0 radical (unpaired) electrons. The molecule has 0 atom stereocenters. The molecule has 4 amide bonds. The lowest BCUT2D eigenvalue weighted by atomic mass is 10.3. The first-order valence-electron chi connectivity index (χ1n) is 11.1. The van der Waals surface area contributed by atoms with Gasteiger partial charge in [-0.1, -0.05) is 11.7 Å². The first-order chi connectivity index (χ1) is 17.8. The molecule has 0 unspecified atom stereocenters. The van der Waals surface area contributed by atoms with E-state index in [0.29, 0.717) is 5.69 Å². The number of halogens is 1. The number of hydrogen-bond donors (Lipinski definition) is 7. The number of quaternary nitrogens is 1. The van der Waals surface area contributed by atoms with Crippen LogP contribution in [0.4, 0.5) is 11.5 Å². The SMILES string of the molecule is C=C(Br)C(=O)NC1=N[N+](C)(C)C(C(=O)Nc2cc(C(=O)Nc3c[nH]c(C(=O)NCCC(=N)N)c3)n(C)n2)=C1. The average molecular weight is 589 g/mol. The van der Waals surface area contributed by atoms with Gasteiger partial charge in [0.2, 0.25) is 5.70 Å². The number of H-pyrrole nitrogens is 1. The molecule has 2 aromatic heterocycles. The number of nitrogens with two attached hydrogens (primary N) is 1. The van der Waals surface area contributed by atoms with Crippen molar-refractivity contribution in [2.45, 2.75) is 6.42 Å². The van der Waals surface area contributed by atoms with Crippen molar-refractivity contribution in [2.24, 2.45) is 17.9 Å². The molecule has 0 saturated carbocycles. The van der Waals surface area contributed by atoms with Gasteiger partial charge in [-0.3, -0.25) is 29.3 Å². The van der Waals surface area contributed by atoms with Gasteiger partial charge in [-0.05, 0) is 22.0 Å². The summed E-state index contributed by atoms with van der Waals surface area (Å²) in [6.45, 7) is 3.70. The number of nitrogens with one attached hydrogen (secondary N) is 6. The van der Waals surface area contributed by atoms with E-state index in [9.17, 15) is 19.2 Å². The minimum absolute atomic E-state index is 0.0392. The zero-order valence-electron chi connectivity index (χ0n) is 20.8. The standard InChI is InChI=1S/C22H26BrN11O4/c1-11(23)19(35)30-18-9-15(34(3,4)32-18)22(38)29-17-8-14(33(2)31-17)21(37)28-12-7-13(27-10-12)20(36)26-6-5-16(24)25/h7-10H,1,5-6H2,2-4H3,(H7-,24,25,26,27,28,29,30,31,32,35,36,37,38)/p+1. The van der Waals surface area contributed by atoms with E-state index in [4.69, 9.17) is 11.1 Å². The molecule has 16 heteroatoms. The molecule has 2 aromatic rings. The molecule has 3 heterocycles. The summed E-state index contributed by atoms with van der Waals surface area (Å²) in [6, 6.07) is 2.84. The Morgan fingerprint density at radius 3 is 2.53 bits per heavy atom. The van der Waals surface area contributed by atoms with Crippen LogP contribution in [0.3, 0.4) is 0 Å². The minimum Gasteiger partial charge on any atom is -0.388 e. The summed E-state index contributed by atoms with van der Waals surface area (Å²) in [5, 5.41) is 26.1. The van der Waals surface area contributed by atoms with Gasteiger partial charge in [0.1, 0.15) is 11.4 Å². The summed E-state index contributed by atoms with van der Waals surface area (Å²) >= 11 is 2.99. The van der Waals surface area contributed by atoms with Crippen molar-refractivity contribution in [3.63, 3.8) is 0 Å². The van der Waals surface area contributed by atoms with E-state index in [1.54, 1.807) is 14.1 Å². The third-order valence-corrected chi connectivity index (χ3v) is 5.52. The zero-order chi connectivity index (χ0) is 28.2. The Hall–Kier alpha value is -4.57. The van der Waals surface area contributed by atoms with Crippen LogP contribution in [0, 0.1) is 5.41 Å². The number of carbonyl (C=O) groups excluding carboxylic acids is 4. The Kier molecular flexibility index (Phi) is 8.27. The smallest absolute Gasteiger partial charge is 0.313 e. The minimum atomic E-state index is -0.531. The van der Waals surface area contributed by atoms with Crippen molar-refractivity contribution in [1.82, 2.24) is 25.4 Å². The number of hydrogen-bond acceptors (Lipinski definition) is 7. The van der Waals surface area contributed by atoms with Gasteiger partial charge >= 0.3 is 5.91 Å². The van der Waals surface area contributed by atoms with E-state index < -0.39 is 23.6 Å². The number of likely N-dealkylation sites (N-methyl/N-ethyl adjacent to an activating group) is 1. The third kappa shape index (κ3) is 6.80. The van der Waals surface area contributed by atoms with Crippen molar-refractivity contribution < 1.29 is 23.8 Å². The van der Waals surface area contributed by atoms with E-state index >= 15 is 0 Å². The highest BCUT2D eigenvalue weighted by Gasteiger charge is 2.36. The summed E-state index contributed by atoms with van der Waals surface area (Å²) in [4.78, 5) is 52.5. The molecule has 1 aliphatic rings. The molecule has 0 spiro atoms. The Morgan fingerprint density at radius 1 is 1.16 bits per heavy atom. The lowest BCUT2D eigenvalue weighted by Gasteiger charge is -2.19. The van der Waals surface area contributed by atoms with Gasteiger partial charge in [0, 0.05) is 32.3 Å². The molecule has 0 bridgehead atoms. The topological polar surface area (TPSA) is 212 Å². The number of rotatable bonds is 9. The van der Waals surface area contributed by atoms with Crippen LogP contribution in [-0.4, -0.2) is 75.3 Å². The van der Waals surface area contributed by atoms with Gasteiger partial charge in [-0.15, -0.1) is 0 Å². The fourth-order valence-corrected chi connectivity index (χ4v) is 3.42. The molecule has 3 rings (SSSR count). The van der Waals surface area contributed by atoms with Gasteiger partial charge in [0.05, 0.1) is 36.2 Å². The average Bonchev–Trinajstić information content (AvgIpc) is 3.50. The number of amides is 4. The number of nitrogens with zero attached hydrogens (tertiary/aromatic N) is 4. The second-order valence-electron chi connectivity index (χ2n) is 8.55. The van der Waals surface area contributed by atoms with Crippen LogP contribution in [0.5, 0.6) is 0 Å². The highest BCUT2D eigenvalue weighted by molar-refractivity contribution is 9.12. The van der Waals surface area contributed by atoms with Crippen LogP contribution in [0.25, 0.3) is 0 Å². The molecule has 38 heavy (non-hydrogen) atoms. The zero-order valence-corrected chi connectivity index (χ0v) is 22.4. The highest BCUT2D eigenvalue weighted by atomic mass is 79.9. The molecule has 0 saturated heterocycles. The fourth-order valence-electron chi connectivity index (χ4n) is 3.32. The van der Waals surface area contributed by atoms with E-state index in [-0.39, 0.29) is 56.6 Å². The third-order valence-electron chi connectivity index (χ3n) is 5.16. The van der Waals surface area contributed by atoms with E-state index in [1.807, 2.05) is 0 Å². The second kappa shape index (κ2) is 11.2. The number of aromatic amines is 1. The number of anilines is 2. The van der Waals surface area contributed by atoms with Gasteiger partial charge < -0.3 is 32.0 Å². The Morgan fingerprint density at radius 2 is 1.87 bits per heavy atom. The van der Waals surface area contributed by atoms with Crippen LogP contribution >= 0.6 is 15.9 Å². The number of carbonyl (C=O) groups is 4. The second-order valence-corrected chi connectivity index (χ2v) is 9.51. The monoisotopic (exact) mass is 588 g/mol. The normalized spacial score (nSPS) is 13.7. The summed E-state index contributed by atoms with van der Waals surface area (Å²) in [5.74, 6) is -1.70. The summed E-state index contributed by atoms with van der Waals surface area (Å²) in [6.07, 6.45) is 3.10. The number of aromatic nitrogens is 3. The van der Waals surface area contributed by atoms with Gasteiger partial charge in [-0.25, -0.2) is 0 Å². The summed E-state index contributed by atoms with van der Waals surface area (Å²) in [5.41, 5.74) is 6.18. The molecule has 0 aliphatic carbocycles. The molecule has 200 valence electrons. The van der Waals surface area contributed by atoms with Gasteiger partial charge in [0.25, 0.3) is 17.7 Å². The predicted molar refractivity (Wildman–Crippen MR) is 143 cm³/mol. The van der Waals surface area contributed by atoms with Gasteiger partial charge in [-0.2, -0.15) is 9.69 Å². The Balaban J connectivity index is 1.64. The number of amidine groups is 2. The Bertz CT molecular complexity index is 1400. The quantitative estimate of drug-likeness (QED) is 0.0946. The Labute approximate surface area is 225 Å². The van der Waals surface area contributed by atoms with Crippen molar-refractivity contribution in [3.05, 3.63) is 52.6 Å². The molecule has 0 aromatic carbocycles. The molecule has 8 N–H and O–H groups in total. The van der Waals surface area contributed by atoms with Crippen molar-refractivity contribution in [2.75, 3.05) is 31.3 Å². The summed E-state index contributed by atoms with van der Waals surface area (Å²) in [7, 11) is 4.84. The van der Waals surface area contributed by atoms with E-state index in [2.05, 4.69) is 59.0 Å². The van der Waals surface area contributed by atoms with Crippen LogP contribution in [0.1, 0.15) is 27.4 Å². The predicted octanol–water partition coefficient (Wildman–Crippen LogP) is 0.307. The first-order valence-corrected chi connectivity index (χ1v) is 11.8. The summed E-state index contributed by atoms with van der Waals surface area (Å²) < 4.78 is 1.22. The maximum Gasteiger partial charge on any atom is 0.313 e. The lowest BCUT2D eigenvalue weighted by Crippen LogP contribution is -2.37. The molecule has 15 nitrogen and oxygen atoms in total. The van der Waals surface area contributed by atoms with Crippen LogP contribution in [0.2, 0.25) is 0 Å². The highest BCUT2D eigenvalue weighted by Crippen LogP contribution is 2.21. The number of aryl methyl sites for hydroxylation is 1. The maximum absolute atomic E-state index is 12.9. The molecule has 0 fully saturated rings. The van der Waals surface area contributed by atoms with Gasteiger partial charge in [0.15, 0.2) is 11.7 Å². The van der Waals surface area contributed by atoms with Crippen molar-refractivity contribution in [1.29, 1.82) is 5.41 Å². The fraction of sp³-hybridized carbons (Fsp3) is 0.227. The van der Waals surface area contributed by atoms with Crippen LogP contribution in [-0.2, 0) is 16.6 Å². The maximum atomic E-state index is 12.9. The molecular weight excluding hydrogens is 562 g/mol. The van der Waals surface area contributed by atoms with E-state index in [1.165, 1.54) is 36.1 Å². The lowest BCUT2D eigenvalue weighted by molar-refractivity contribution is -0.851. The molecule has 1 aliphatic heterocycles.